The van der Waals surface area contributed by atoms with Gasteiger partial charge < -0.3 is 4.74 Å². The van der Waals surface area contributed by atoms with Crippen molar-refractivity contribution in [1.29, 1.82) is 0 Å². The van der Waals surface area contributed by atoms with Crippen molar-refractivity contribution in [3.8, 4) is 5.75 Å². The number of sulfonamides is 1. The second-order valence-corrected chi connectivity index (χ2v) is 7.89. The zero-order chi connectivity index (χ0) is 17.9. The monoisotopic (exact) mass is 400 g/mol. The summed E-state index contributed by atoms with van der Waals surface area (Å²) in [5.74, 6) is 0.285. The van der Waals surface area contributed by atoms with Crippen LogP contribution in [0.25, 0.3) is 0 Å². The first-order chi connectivity index (χ1) is 12.0. The Morgan fingerprint density at radius 1 is 1.04 bits per heavy atom. The standard InChI is InChI=1S/C18H21FN2O3S.ClH/c1-24-18-8-3-2-5-15(18)14-20-9-11-21(12-10-20)25(22,23)17-7-4-6-16(19)13-17;/h2-8,13H,9-12,14H2,1H3;1H. The van der Waals surface area contributed by atoms with Crippen LogP contribution in [0.5, 0.6) is 5.75 Å². The third-order valence-electron chi connectivity index (χ3n) is 4.35. The van der Waals surface area contributed by atoms with Crippen LogP contribution in [-0.4, -0.2) is 50.9 Å². The summed E-state index contributed by atoms with van der Waals surface area (Å²) in [5, 5.41) is 0. The molecule has 1 heterocycles. The molecule has 3 rings (SSSR count). The van der Waals surface area contributed by atoms with E-state index in [-0.39, 0.29) is 17.3 Å². The van der Waals surface area contributed by atoms with Gasteiger partial charge in [0.2, 0.25) is 10.0 Å². The maximum absolute atomic E-state index is 13.3. The van der Waals surface area contributed by atoms with Gasteiger partial charge in [0.05, 0.1) is 12.0 Å². The Labute approximate surface area is 159 Å². The SMILES string of the molecule is COc1ccccc1CN1CCN(S(=O)(=O)c2cccc(F)c2)CC1.Cl. The van der Waals surface area contributed by atoms with E-state index < -0.39 is 15.8 Å². The van der Waals surface area contributed by atoms with Crippen molar-refractivity contribution in [3.63, 3.8) is 0 Å². The van der Waals surface area contributed by atoms with Gasteiger partial charge in [-0.15, -0.1) is 12.4 Å². The molecule has 0 radical (unpaired) electrons. The predicted molar refractivity (Wildman–Crippen MR) is 101 cm³/mol. The second kappa shape index (κ2) is 8.81. The molecule has 0 saturated carbocycles. The Balaban J connectivity index is 0.00000243. The molecule has 1 aliphatic rings. The highest BCUT2D eigenvalue weighted by molar-refractivity contribution is 7.89. The van der Waals surface area contributed by atoms with Crippen molar-refractivity contribution in [1.82, 2.24) is 9.21 Å². The van der Waals surface area contributed by atoms with Crippen LogP contribution in [0, 0.1) is 5.82 Å². The van der Waals surface area contributed by atoms with E-state index in [2.05, 4.69) is 4.90 Å². The average molecular weight is 401 g/mol. The number of halogens is 2. The van der Waals surface area contributed by atoms with Crippen LogP contribution in [0.2, 0.25) is 0 Å². The molecule has 0 N–H and O–H groups in total. The van der Waals surface area contributed by atoms with Crippen LogP contribution in [0.15, 0.2) is 53.4 Å². The average Bonchev–Trinajstić information content (AvgIpc) is 2.63. The number of hydrogen-bond donors (Lipinski definition) is 0. The number of hydrogen-bond acceptors (Lipinski definition) is 4. The number of benzene rings is 2. The van der Waals surface area contributed by atoms with Crippen LogP contribution in [0.1, 0.15) is 5.56 Å². The molecule has 0 aliphatic carbocycles. The quantitative estimate of drug-likeness (QED) is 0.774. The zero-order valence-corrected chi connectivity index (χ0v) is 16.1. The summed E-state index contributed by atoms with van der Waals surface area (Å²) >= 11 is 0. The Bertz CT molecular complexity index is 840. The van der Waals surface area contributed by atoms with Crippen LogP contribution >= 0.6 is 12.4 Å². The minimum absolute atomic E-state index is 0. The number of ether oxygens (including phenoxy) is 1. The topological polar surface area (TPSA) is 49.9 Å². The third-order valence-corrected chi connectivity index (χ3v) is 6.25. The molecule has 0 spiro atoms. The first kappa shape index (κ1) is 20.6. The van der Waals surface area contributed by atoms with Gasteiger partial charge in [-0.3, -0.25) is 4.90 Å². The van der Waals surface area contributed by atoms with Gasteiger partial charge in [0.25, 0.3) is 0 Å². The summed E-state index contributed by atoms with van der Waals surface area (Å²) in [6.07, 6.45) is 0. The summed E-state index contributed by atoms with van der Waals surface area (Å²) in [4.78, 5) is 2.20. The van der Waals surface area contributed by atoms with Crippen molar-refractivity contribution < 1.29 is 17.5 Å². The van der Waals surface area contributed by atoms with Crippen molar-refractivity contribution in [2.75, 3.05) is 33.3 Å². The Morgan fingerprint density at radius 2 is 1.73 bits per heavy atom. The summed E-state index contributed by atoms with van der Waals surface area (Å²) in [6.45, 7) is 2.71. The summed E-state index contributed by atoms with van der Waals surface area (Å²) < 4.78 is 45.4. The molecule has 5 nitrogen and oxygen atoms in total. The molecule has 0 amide bonds. The molecule has 26 heavy (non-hydrogen) atoms. The van der Waals surface area contributed by atoms with Crippen molar-refractivity contribution in [2.45, 2.75) is 11.4 Å². The van der Waals surface area contributed by atoms with E-state index in [0.29, 0.717) is 32.7 Å². The molecule has 0 aromatic heterocycles. The summed E-state index contributed by atoms with van der Waals surface area (Å²) in [5.41, 5.74) is 1.08. The minimum atomic E-state index is -3.65. The maximum Gasteiger partial charge on any atom is 0.243 e. The highest BCUT2D eigenvalue weighted by Crippen LogP contribution is 2.22. The smallest absolute Gasteiger partial charge is 0.243 e. The van der Waals surface area contributed by atoms with Gasteiger partial charge in [-0.2, -0.15) is 4.31 Å². The predicted octanol–water partition coefficient (Wildman–Crippen LogP) is 2.76. The molecule has 8 heteroatoms. The van der Waals surface area contributed by atoms with E-state index in [0.717, 1.165) is 17.4 Å². The number of rotatable bonds is 5. The normalized spacial score (nSPS) is 16.1. The van der Waals surface area contributed by atoms with Gasteiger partial charge in [-0.1, -0.05) is 24.3 Å². The largest absolute Gasteiger partial charge is 0.496 e. The van der Waals surface area contributed by atoms with Crippen LogP contribution in [0.3, 0.4) is 0 Å². The van der Waals surface area contributed by atoms with Gasteiger partial charge in [0, 0.05) is 38.3 Å². The molecule has 0 bridgehead atoms. The molecule has 142 valence electrons. The van der Waals surface area contributed by atoms with E-state index >= 15 is 0 Å². The second-order valence-electron chi connectivity index (χ2n) is 5.95. The molecule has 1 aliphatic heterocycles. The lowest BCUT2D eigenvalue weighted by molar-refractivity contribution is 0.180. The molecule has 2 aromatic rings. The minimum Gasteiger partial charge on any atom is -0.496 e. The molecular weight excluding hydrogens is 379 g/mol. The van der Waals surface area contributed by atoms with Crippen molar-refractivity contribution in [3.05, 3.63) is 59.9 Å². The van der Waals surface area contributed by atoms with Crippen LogP contribution < -0.4 is 4.74 Å². The van der Waals surface area contributed by atoms with Gasteiger partial charge in [-0.25, -0.2) is 12.8 Å². The summed E-state index contributed by atoms with van der Waals surface area (Å²) in [7, 11) is -2.01. The maximum atomic E-state index is 13.3. The Kier molecular flexibility index (Phi) is 7.00. The Morgan fingerprint density at radius 3 is 2.38 bits per heavy atom. The number of methoxy groups -OCH3 is 1. The molecule has 1 saturated heterocycles. The summed E-state index contributed by atoms with van der Waals surface area (Å²) in [6, 6.07) is 13.0. The highest BCUT2D eigenvalue weighted by Gasteiger charge is 2.28. The fourth-order valence-corrected chi connectivity index (χ4v) is 4.43. The number of nitrogens with zero attached hydrogens (tertiary/aromatic N) is 2. The molecule has 0 unspecified atom stereocenters. The van der Waals surface area contributed by atoms with Crippen molar-refractivity contribution in [2.24, 2.45) is 0 Å². The number of piperazine rings is 1. The van der Waals surface area contributed by atoms with Gasteiger partial charge >= 0.3 is 0 Å². The first-order valence-electron chi connectivity index (χ1n) is 8.10. The number of para-hydroxylation sites is 1. The van der Waals surface area contributed by atoms with E-state index in [9.17, 15) is 12.8 Å². The van der Waals surface area contributed by atoms with E-state index in [1.165, 1.54) is 22.5 Å². The van der Waals surface area contributed by atoms with E-state index in [1.807, 2.05) is 24.3 Å². The lowest BCUT2D eigenvalue weighted by Gasteiger charge is -2.34. The van der Waals surface area contributed by atoms with Gasteiger partial charge in [0.15, 0.2) is 0 Å². The Hall–Kier alpha value is -1.67. The van der Waals surface area contributed by atoms with E-state index in [1.54, 1.807) is 7.11 Å². The zero-order valence-electron chi connectivity index (χ0n) is 14.5. The lowest BCUT2D eigenvalue weighted by Crippen LogP contribution is -2.48. The molecule has 1 fully saturated rings. The van der Waals surface area contributed by atoms with Crippen LogP contribution in [-0.2, 0) is 16.6 Å². The molecule has 0 atom stereocenters. The van der Waals surface area contributed by atoms with Gasteiger partial charge in [0.1, 0.15) is 11.6 Å². The van der Waals surface area contributed by atoms with Gasteiger partial charge in [-0.05, 0) is 24.3 Å². The van der Waals surface area contributed by atoms with Crippen LogP contribution in [0.4, 0.5) is 4.39 Å². The third kappa shape index (κ3) is 4.54. The van der Waals surface area contributed by atoms with E-state index in [4.69, 9.17) is 4.74 Å². The van der Waals surface area contributed by atoms with Crippen molar-refractivity contribution >= 4 is 22.4 Å². The fourth-order valence-electron chi connectivity index (χ4n) is 2.98. The fraction of sp³-hybridized carbons (Fsp3) is 0.333. The molecular formula is C18H22ClFN2O3S. The lowest BCUT2D eigenvalue weighted by atomic mass is 10.2. The molecule has 2 aromatic carbocycles. The first-order valence-corrected chi connectivity index (χ1v) is 9.54. The highest BCUT2D eigenvalue weighted by atomic mass is 35.5.